The Bertz CT molecular complexity index is 1390. The molecule has 0 spiro atoms. The number of benzene rings is 1. The zero-order valence-electron chi connectivity index (χ0n) is 19.2. The number of imidazole rings is 1. The minimum absolute atomic E-state index is 0.0962. The first-order valence-corrected chi connectivity index (χ1v) is 11.3. The first-order chi connectivity index (χ1) is 16.6. The van der Waals surface area contributed by atoms with Gasteiger partial charge in [0, 0.05) is 62.0 Å². The molecule has 0 radical (unpaired) electrons. The van der Waals surface area contributed by atoms with Crippen molar-refractivity contribution in [3.8, 4) is 17.3 Å². The molecule has 1 aliphatic carbocycles. The average Bonchev–Trinajstić information content (AvgIpc) is 3.65. The Morgan fingerprint density at radius 1 is 1.32 bits per heavy atom. The van der Waals surface area contributed by atoms with Crippen LogP contribution in [0.3, 0.4) is 0 Å². The summed E-state index contributed by atoms with van der Waals surface area (Å²) < 4.78 is 2.28. The molecule has 1 saturated carbocycles. The maximum atomic E-state index is 12.4. The fourth-order valence-corrected chi connectivity index (χ4v) is 4.63. The number of hydrogen-bond donors (Lipinski definition) is 2. The molecular weight excluding hydrogens is 428 g/mol. The monoisotopic (exact) mass is 454 g/mol. The largest absolute Gasteiger partial charge is 0.404 e. The summed E-state index contributed by atoms with van der Waals surface area (Å²) in [5.74, 6) is 1.56. The van der Waals surface area contributed by atoms with Crippen molar-refractivity contribution in [3.05, 3.63) is 53.2 Å². The lowest BCUT2D eigenvalue weighted by Gasteiger charge is -2.29. The van der Waals surface area contributed by atoms with Crippen molar-refractivity contribution in [3.63, 3.8) is 0 Å². The van der Waals surface area contributed by atoms with Crippen molar-refractivity contribution in [1.82, 2.24) is 24.8 Å². The number of carbonyl (C=O) groups excluding carboxylic acids is 1. The SMILES string of the molecule is CN=CC(=CN)c1nc2cccc(-c3nc(C4CC4)n4c3CN(C(=O)NC)CC4)c2cc1C#N. The van der Waals surface area contributed by atoms with Crippen LogP contribution in [0.2, 0.25) is 0 Å². The van der Waals surface area contributed by atoms with Gasteiger partial charge in [-0.05, 0) is 25.0 Å². The minimum Gasteiger partial charge on any atom is -0.404 e. The number of carbonyl (C=O) groups is 1. The van der Waals surface area contributed by atoms with E-state index in [2.05, 4.69) is 20.9 Å². The fraction of sp³-hybridized carbons (Fsp3) is 0.320. The standard InChI is InChI=1S/C25H26N8O/c1-28-13-17(12-27)22-16(11-26)10-19-18(4-3-5-20(19)30-22)23-21-14-32(25(34)29-2)8-9-33(21)24(31-23)15-6-7-15/h3-5,10,12-13,15H,6-9,14,27H2,1-2H3,(H,29,34). The van der Waals surface area contributed by atoms with Gasteiger partial charge in [0.15, 0.2) is 0 Å². The van der Waals surface area contributed by atoms with E-state index in [1.54, 1.807) is 20.3 Å². The molecule has 1 aromatic carbocycles. The molecule has 0 unspecified atom stereocenters. The normalized spacial score (nSPS) is 16.0. The summed E-state index contributed by atoms with van der Waals surface area (Å²) in [5, 5.41) is 13.4. The number of nitrogens with two attached hydrogens (primary N) is 1. The lowest BCUT2D eigenvalue weighted by atomic mass is 9.99. The summed E-state index contributed by atoms with van der Waals surface area (Å²) in [4.78, 5) is 28.1. The van der Waals surface area contributed by atoms with Gasteiger partial charge in [0.2, 0.25) is 0 Å². The van der Waals surface area contributed by atoms with Crippen molar-refractivity contribution in [1.29, 1.82) is 5.26 Å². The van der Waals surface area contributed by atoms with Gasteiger partial charge in [0.05, 0.1) is 34.7 Å². The summed E-state index contributed by atoms with van der Waals surface area (Å²) in [6, 6.07) is 9.89. The molecule has 3 heterocycles. The van der Waals surface area contributed by atoms with Crippen molar-refractivity contribution < 1.29 is 4.79 Å². The zero-order valence-corrected chi connectivity index (χ0v) is 19.2. The fourth-order valence-electron chi connectivity index (χ4n) is 4.63. The highest BCUT2D eigenvalue weighted by molar-refractivity contribution is 6.10. The van der Waals surface area contributed by atoms with E-state index in [1.807, 2.05) is 29.2 Å². The van der Waals surface area contributed by atoms with Gasteiger partial charge in [-0.15, -0.1) is 0 Å². The van der Waals surface area contributed by atoms with E-state index in [4.69, 9.17) is 15.7 Å². The predicted molar refractivity (Wildman–Crippen MR) is 131 cm³/mol. The molecular formula is C25H26N8O. The Hall–Kier alpha value is -4.19. The molecule has 172 valence electrons. The van der Waals surface area contributed by atoms with Crippen LogP contribution in [0.1, 0.15) is 41.5 Å². The first kappa shape index (κ1) is 21.6. The second kappa shape index (κ2) is 8.63. The number of hydrogen-bond acceptors (Lipinski definition) is 6. The number of pyridine rings is 1. The molecule has 1 aliphatic heterocycles. The molecule has 34 heavy (non-hydrogen) atoms. The van der Waals surface area contributed by atoms with E-state index in [0.29, 0.717) is 35.8 Å². The Balaban J connectivity index is 1.70. The molecule has 3 aromatic rings. The van der Waals surface area contributed by atoms with Crippen LogP contribution in [0.4, 0.5) is 4.79 Å². The lowest BCUT2D eigenvalue weighted by Crippen LogP contribution is -2.43. The van der Waals surface area contributed by atoms with Gasteiger partial charge in [-0.3, -0.25) is 4.99 Å². The third-order valence-corrected chi connectivity index (χ3v) is 6.44. The van der Waals surface area contributed by atoms with Gasteiger partial charge in [-0.1, -0.05) is 12.1 Å². The molecule has 2 amide bonds. The van der Waals surface area contributed by atoms with Crippen LogP contribution in [0.15, 0.2) is 35.5 Å². The van der Waals surface area contributed by atoms with Crippen LogP contribution in [-0.2, 0) is 13.1 Å². The maximum absolute atomic E-state index is 12.4. The van der Waals surface area contributed by atoms with E-state index in [0.717, 1.165) is 53.1 Å². The number of rotatable bonds is 4. The number of fused-ring (bicyclic) bond motifs is 2. The van der Waals surface area contributed by atoms with Crippen LogP contribution in [0, 0.1) is 11.3 Å². The van der Waals surface area contributed by atoms with Crippen LogP contribution in [0.25, 0.3) is 27.7 Å². The molecule has 1 fully saturated rings. The predicted octanol–water partition coefficient (Wildman–Crippen LogP) is 3.00. The number of allylic oxidation sites excluding steroid dienone is 1. The molecule has 9 nitrogen and oxygen atoms in total. The second-order valence-electron chi connectivity index (χ2n) is 8.55. The molecule has 3 N–H and O–H groups in total. The highest BCUT2D eigenvalue weighted by Crippen LogP contribution is 2.43. The minimum atomic E-state index is -0.0962. The highest BCUT2D eigenvalue weighted by Gasteiger charge is 2.34. The van der Waals surface area contributed by atoms with E-state index in [1.165, 1.54) is 6.20 Å². The summed E-state index contributed by atoms with van der Waals surface area (Å²) in [7, 11) is 3.30. The van der Waals surface area contributed by atoms with Gasteiger partial charge < -0.3 is 20.5 Å². The number of nitrogens with one attached hydrogen (secondary N) is 1. The Kier molecular flexibility index (Phi) is 5.49. The van der Waals surface area contributed by atoms with Crippen LogP contribution in [-0.4, -0.2) is 52.3 Å². The molecule has 5 rings (SSSR count). The Morgan fingerprint density at radius 2 is 2.15 bits per heavy atom. The summed E-state index contributed by atoms with van der Waals surface area (Å²) in [5.41, 5.74) is 10.8. The molecule has 0 atom stereocenters. The number of amides is 2. The third-order valence-electron chi connectivity index (χ3n) is 6.44. The Labute approximate surface area is 197 Å². The van der Waals surface area contributed by atoms with Gasteiger partial charge in [0.1, 0.15) is 11.9 Å². The van der Waals surface area contributed by atoms with E-state index in [-0.39, 0.29) is 6.03 Å². The van der Waals surface area contributed by atoms with Crippen LogP contribution in [0.5, 0.6) is 0 Å². The quantitative estimate of drug-likeness (QED) is 0.586. The number of aromatic nitrogens is 3. The Morgan fingerprint density at radius 3 is 2.82 bits per heavy atom. The molecule has 2 aliphatic rings. The number of nitriles is 1. The van der Waals surface area contributed by atoms with E-state index >= 15 is 0 Å². The topological polar surface area (TPSA) is 125 Å². The van der Waals surface area contributed by atoms with Crippen molar-refractivity contribution in [2.45, 2.75) is 31.8 Å². The van der Waals surface area contributed by atoms with Crippen LogP contribution >= 0.6 is 0 Å². The van der Waals surface area contributed by atoms with Crippen molar-refractivity contribution in [2.75, 3.05) is 20.6 Å². The maximum Gasteiger partial charge on any atom is 0.317 e. The first-order valence-electron chi connectivity index (χ1n) is 11.3. The number of aliphatic imine (C=N–C) groups is 1. The number of nitrogens with zero attached hydrogens (tertiary/aromatic N) is 6. The zero-order chi connectivity index (χ0) is 23.8. The summed E-state index contributed by atoms with van der Waals surface area (Å²) in [6.07, 6.45) is 5.29. The lowest BCUT2D eigenvalue weighted by molar-refractivity contribution is 0.185. The van der Waals surface area contributed by atoms with Gasteiger partial charge in [0.25, 0.3) is 0 Å². The second-order valence-corrected chi connectivity index (χ2v) is 8.55. The highest BCUT2D eigenvalue weighted by atomic mass is 16.2. The molecule has 0 saturated heterocycles. The summed E-state index contributed by atoms with van der Waals surface area (Å²) in [6.45, 7) is 1.85. The smallest absolute Gasteiger partial charge is 0.317 e. The van der Waals surface area contributed by atoms with Gasteiger partial charge >= 0.3 is 6.03 Å². The van der Waals surface area contributed by atoms with Crippen molar-refractivity contribution >= 4 is 28.7 Å². The van der Waals surface area contributed by atoms with E-state index in [9.17, 15) is 10.1 Å². The van der Waals surface area contributed by atoms with Gasteiger partial charge in [-0.25, -0.2) is 14.8 Å². The molecule has 9 heteroatoms. The van der Waals surface area contributed by atoms with Gasteiger partial charge in [-0.2, -0.15) is 5.26 Å². The number of urea groups is 1. The average molecular weight is 455 g/mol. The summed E-state index contributed by atoms with van der Waals surface area (Å²) >= 11 is 0. The van der Waals surface area contributed by atoms with E-state index < -0.39 is 0 Å². The molecule has 0 bridgehead atoms. The van der Waals surface area contributed by atoms with Crippen LogP contribution < -0.4 is 11.1 Å². The van der Waals surface area contributed by atoms with Crippen molar-refractivity contribution in [2.24, 2.45) is 10.7 Å². The molecule has 2 aromatic heterocycles. The third kappa shape index (κ3) is 3.57.